The van der Waals surface area contributed by atoms with Crippen LogP contribution in [0.4, 0.5) is 9.59 Å². The summed E-state index contributed by atoms with van der Waals surface area (Å²) in [5, 5.41) is 4.82. The lowest BCUT2D eigenvalue weighted by molar-refractivity contribution is -0.143. The Kier molecular flexibility index (Phi) is 9.58. The Bertz CT molecular complexity index is 1730. The number of nitrogens with zero attached hydrogens (tertiary/aromatic N) is 2. The summed E-state index contributed by atoms with van der Waals surface area (Å²) in [5.41, 5.74) is -1.41. The zero-order valence-electron chi connectivity index (χ0n) is 30.7. The molecule has 0 spiro atoms. The van der Waals surface area contributed by atoms with Crippen LogP contribution in [0.2, 0.25) is 0 Å². The number of hydrogen-bond acceptors (Lipinski definition) is 11. The van der Waals surface area contributed by atoms with Gasteiger partial charge < -0.3 is 34.5 Å². The van der Waals surface area contributed by atoms with Crippen molar-refractivity contribution < 1.29 is 51.3 Å². The first kappa shape index (κ1) is 37.5. The molecular formula is C35H49N5O11S. The average Bonchev–Trinajstić information content (AvgIpc) is 3.86. The minimum absolute atomic E-state index is 0.0990. The van der Waals surface area contributed by atoms with Crippen molar-refractivity contribution >= 4 is 39.9 Å². The molecule has 5 amide bonds. The number of sulfonamides is 1. The van der Waals surface area contributed by atoms with Crippen LogP contribution in [-0.2, 0) is 47.0 Å². The molecule has 17 heteroatoms. The van der Waals surface area contributed by atoms with E-state index >= 15 is 0 Å². The molecule has 3 aliphatic heterocycles. The van der Waals surface area contributed by atoms with Crippen molar-refractivity contribution in [3.8, 4) is 11.5 Å². The average molecular weight is 748 g/mol. The molecule has 16 nitrogen and oxygen atoms in total. The molecule has 2 saturated carbocycles. The normalized spacial score (nSPS) is 25.6. The molecule has 52 heavy (non-hydrogen) atoms. The minimum Gasteiger partial charge on any atom is -0.454 e. The van der Waals surface area contributed by atoms with E-state index in [0.717, 1.165) is 11.1 Å². The Labute approximate surface area is 303 Å². The fraction of sp³-hybridized carbons (Fsp3) is 0.686. The van der Waals surface area contributed by atoms with Crippen LogP contribution in [0.3, 0.4) is 0 Å². The Balaban J connectivity index is 1.22. The molecule has 286 valence electrons. The zero-order valence-corrected chi connectivity index (χ0v) is 31.5. The van der Waals surface area contributed by atoms with Gasteiger partial charge in [-0.05, 0) is 74.6 Å². The molecule has 1 aromatic rings. The fourth-order valence-corrected chi connectivity index (χ4v) is 8.41. The van der Waals surface area contributed by atoms with E-state index in [1.165, 1.54) is 9.80 Å². The number of benzene rings is 1. The summed E-state index contributed by atoms with van der Waals surface area (Å²) in [6, 6.07) is 1.28. The number of rotatable bonds is 9. The lowest BCUT2D eigenvalue weighted by Gasteiger charge is -2.36. The predicted molar refractivity (Wildman–Crippen MR) is 184 cm³/mol. The SMILES string of the molecule is CC[C@H]1C[C@@]1(NC(=O)C1C[C@@H](OC(=O)N2Cc3cc4c(cc3C2)OCO4)CN1C(=O)[C@@H](NC(=O)OC(C)(C)C)C(C)(C)C)C(=O)NS(=O)(=O)C1CC1. The first-order valence-corrected chi connectivity index (χ1v) is 19.3. The van der Waals surface area contributed by atoms with Gasteiger partial charge in [0.05, 0.1) is 11.8 Å². The number of nitrogens with one attached hydrogen (secondary N) is 3. The molecule has 0 aromatic heterocycles. The largest absolute Gasteiger partial charge is 0.454 e. The van der Waals surface area contributed by atoms with Crippen LogP contribution in [0.5, 0.6) is 11.5 Å². The molecule has 6 rings (SSSR count). The van der Waals surface area contributed by atoms with Gasteiger partial charge in [0.1, 0.15) is 29.3 Å². The number of carbonyl (C=O) groups excluding carboxylic acids is 5. The van der Waals surface area contributed by atoms with Crippen molar-refractivity contribution in [2.75, 3.05) is 13.3 Å². The van der Waals surface area contributed by atoms with Gasteiger partial charge in [0.15, 0.2) is 11.5 Å². The number of likely N-dealkylation sites (tertiary alicyclic amines) is 1. The Morgan fingerprint density at radius 2 is 1.62 bits per heavy atom. The fourth-order valence-electron chi connectivity index (χ4n) is 7.04. The summed E-state index contributed by atoms with van der Waals surface area (Å²) < 4.78 is 49.8. The van der Waals surface area contributed by atoms with Gasteiger partial charge >= 0.3 is 12.2 Å². The first-order valence-electron chi connectivity index (χ1n) is 17.8. The Hall–Kier alpha value is -4.28. The Morgan fingerprint density at radius 1 is 1.00 bits per heavy atom. The number of hydrogen-bond donors (Lipinski definition) is 3. The van der Waals surface area contributed by atoms with Gasteiger partial charge in [-0.25, -0.2) is 18.0 Å². The molecule has 1 aromatic carbocycles. The topological polar surface area (TPSA) is 199 Å². The highest BCUT2D eigenvalue weighted by atomic mass is 32.2. The van der Waals surface area contributed by atoms with E-state index in [4.69, 9.17) is 18.9 Å². The van der Waals surface area contributed by atoms with Crippen molar-refractivity contribution in [3.05, 3.63) is 23.3 Å². The summed E-state index contributed by atoms with van der Waals surface area (Å²) >= 11 is 0. The van der Waals surface area contributed by atoms with E-state index in [1.807, 2.05) is 19.1 Å². The van der Waals surface area contributed by atoms with Gasteiger partial charge in [-0.15, -0.1) is 0 Å². The maximum atomic E-state index is 14.4. The van der Waals surface area contributed by atoms with Gasteiger partial charge in [0.25, 0.3) is 5.91 Å². The molecule has 5 aliphatic rings. The molecule has 1 saturated heterocycles. The third-order valence-corrected chi connectivity index (χ3v) is 11.9. The lowest BCUT2D eigenvalue weighted by atomic mass is 9.85. The molecule has 2 aliphatic carbocycles. The number of fused-ring (bicyclic) bond motifs is 2. The predicted octanol–water partition coefficient (Wildman–Crippen LogP) is 2.67. The van der Waals surface area contributed by atoms with Gasteiger partial charge in [-0.3, -0.25) is 24.0 Å². The van der Waals surface area contributed by atoms with Gasteiger partial charge in [0, 0.05) is 19.5 Å². The standard InChI is InChI=1S/C35H49N5O11S/c1-8-21-14-35(21,30(43)38-52(46,47)23-9-10-23)37-28(41)24-13-22(17-40(24)29(42)27(33(2,3)4)36-31(44)51-34(5,6)7)50-32(45)39-15-19-11-25-26(49-18-48-25)12-20(19)16-39/h11-12,21-24,27H,8-10,13-18H2,1-7H3,(H,36,44)(H,37,41)(H,38,43)/t21-,22+,24?,27+,35-/m0/s1. The summed E-state index contributed by atoms with van der Waals surface area (Å²) in [7, 11) is -3.89. The number of carbonyl (C=O) groups is 5. The number of amides is 5. The van der Waals surface area contributed by atoms with Crippen molar-refractivity contribution in [1.29, 1.82) is 0 Å². The van der Waals surface area contributed by atoms with Crippen LogP contribution < -0.4 is 24.8 Å². The van der Waals surface area contributed by atoms with E-state index in [-0.39, 0.29) is 45.2 Å². The van der Waals surface area contributed by atoms with Crippen molar-refractivity contribution in [1.82, 2.24) is 25.2 Å². The molecule has 3 fully saturated rings. The molecule has 5 atom stereocenters. The maximum absolute atomic E-state index is 14.4. The molecule has 3 N–H and O–H groups in total. The third-order valence-electron chi connectivity index (χ3n) is 10.1. The quantitative estimate of drug-likeness (QED) is 0.336. The number of ether oxygens (including phenoxy) is 4. The maximum Gasteiger partial charge on any atom is 0.410 e. The molecule has 0 bridgehead atoms. The summed E-state index contributed by atoms with van der Waals surface area (Å²) in [6.07, 6.45) is -0.857. The summed E-state index contributed by atoms with van der Waals surface area (Å²) in [4.78, 5) is 71.2. The van der Waals surface area contributed by atoms with Crippen LogP contribution in [0, 0.1) is 11.3 Å². The van der Waals surface area contributed by atoms with E-state index in [2.05, 4.69) is 15.4 Å². The second-order valence-corrected chi connectivity index (χ2v) is 18.4. The van der Waals surface area contributed by atoms with Crippen LogP contribution in [0.25, 0.3) is 0 Å². The van der Waals surface area contributed by atoms with Crippen LogP contribution in [0.15, 0.2) is 12.1 Å². The zero-order chi connectivity index (χ0) is 38.0. The number of alkyl carbamates (subject to hydrolysis) is 1. The second-order valence-electron chi connectivity index (χ2n) is 16.5. The van der Waals surface area contributed by atoms with E-state index in [0.29, 0.717) is 30.8 Å². The van der Waals surface area contributed by atoms with Crippen LogP contribution >= 0.6 is 0 Å². The highest BCUT2D eigenvalue weighted by Gasteiger charge is 2.62. The third kappa shape index (κ3) is 7.74. The van der Waals surface area contributed by atoms with Crippen LogP contribution in [-0.4, -0.2) is 96.0 Å². The molecule has 1 unspecified atom stereocenters. The van der Waals surface area contributed by atoms with E-state index in [1.54, 1.807) is 41.5 Å². The van der Waals surface area contributed by atoms with E-state index in [9.17, 15) is 32.4 Å². The van der Waals surface area contributed by atoms with Gasteiger partial charge in [0.2, 0.25) is 28.6 Å². The minimum atomic E-state index is -3.89. The first-order chi connectivity index (χ1) is 24.2. The van der Waals surface area contributed by atoms with Gasteiger partial charge in [-0.2, -0.15) is 0 Å². The summed E-state index contributed by atoms with van der Waals surface area (Å²) in [6.45, 7) is 12.6. The van der Waals surface area contributed by atoms with Crippen LogP contribution in [0.1, 0.15) is 91.7 Å². The summed E-state index contributed by atoms with van der Waals surface area (Å²) in [5.74, 6) is -1.26. The Morgan fingerprint density at radius 3 is 2.13 bits per heavy atom. The highest BCUT2D eigenvalue weighted by Crippen LogP contribution is 2.47. The van der Waals surface area contributed by atoms with Gasteiger partial charge in [-0.1, -0.05) is 34.1 Å². The van der Waals surface area contributed by atoms with Crippen molar-refractivity contribution in [3.63, 3.8) is 0 Å². The smallest absolute Gasteiger partial charge is 0.410 e. The highest BCUT2D eigenvalue weighted by molar-refractivity contribution is 7.91. The molecule has 3 heterocycles. The lowest BCUT2D eigenvalue weighted by Crippen LogP contribution is -2.60. The van der Waals surface area contributed by atoms with Crippen molar-refractivity contribution in [2.24, 2.45) is 11.3 Å². The second kappa shape index (κ2) is 13.3. The monoisotopic (exact) mass is 747 g/mol. The van der Waals surface area contributed by atoms with Crippen molar-refractivity contribution in [2.45, 2.75) is 128 Å². The molecular weight excluding hydrogens is 698 g/mol. The van der Waals surface area contributed by atoms with E-state index < -0.39 is 79.9 Å². The molecule has 0 radical (unpaired) electrons.